The van der Waals surface area contributed by atoms with Gasteiger partial charge in [0.15, 0.2) is 0 Å². The van der Waals surface area contributed by atoms with Crippen LogP contribution in [0.4, 0.5) is 5.69 Å². The number of methoxy groups -OCH3 is 1. The van der Waals surface area contributed by atoms with Crippen molar-refractivity contribution in [2.24, 2.45) is 5.73 Å². The zero-order valence-corrected chi connectivity index (χ0v) is 10.4. The molecule has 0 saturated heterocycles. The van der Waals surface area contributed by atoms with E-state index in [1.54, 1.807) is 7.11 Å². The molecule has 0 spiro atoms. The van der Waals surface area contributed by atoms with Gasteiger partial charge >= 0.3 is 0 Å². The van der Waals surface area contributed by atoms with Crippen LogP contribution in [0, 0.1) is 0 Å². The second-order valence-corrected chi connectivity index (χ2v) is 4.12. The first kappa shape index (κ1) is 13.0. The zero-order valence-electron chi connectivity index (χ0n) is 10.4. The van der Waals surface area contributed by atoms with Gasteiger partial charge in [-0.2, -0.15) is 0 Å². The summed E-state index contributed by atoms with van der Waals surface area (Å²) < 4.78 is 5.10. The highest BCUT2D eigenvalue weighted by Gasteiger charge is 2.09. The number of nitrogens with zero attached hydrogens (tertiary/aromatic N) is 1. The van der Waals surface area contributed by atoms with Crippen molar-refractivity contribution in [3.8, 4) is 0 Å². The molecule has 1 rings (SSSR count). The van der Waals surface area contributed by atoms with Crippen LogP contribution in [0.3, 0.4) is 0 Å². The van der Waals surface area contributed by atoms with Crippen LogP contribution in [0.25, 0.3) is 0 Å². The third kappa shape index (κ3) is 3.51. The second kappa shape index (κ2) is 6.51. The summed E-state index contributed by atoms with van der Waals surface area (Å²) in [7, 11) is 3.84. The van der Waals surface area contributed by atoms with Crippen molar-refractivity contribution in [1.29, 1.82) is 0 Å². The number of hydrogen-bond donors (Lipinski definition) is 1. The maximum Gasteiger partial charge on any atom is 0.0481 e. The van der Waals surface area contributed by atoms with E-state index in [1.165, 1.54) is 11.3 Å². The van der Waals surface area contributed by atoms with Crippen molar-refractivity contribution in [3.05, 3.63) is 29.8 Å². The lowest BCUT2D eigenvalue weighted by Gasteiger charge is -2.27. The van der Waals surface area contributed by atoms with Crippen molar-refractivity contribution in [2.45, 2.75) is 25.9 Å². The van der Waals surface area contributed by atoms with Crippen molar-refractivity contribution in [1.82, 2.24) is 0 Å². The van der Waals surface area contributed by atoms with Gasteiger partial charge in [-0.1, -0.05) is 12.1 Å². The van der Waals surface area contributed by atoms with Crippen LogP contribution in [-0.2, 0) is 11.3 Å². The van der Waals surface area contributed by atoms with E-state index in [2.05, 4.69) is 43.1 Å². The van der Waals surface area contributed by atoms with Crippen molar-refractivity contribution < 1.29 is 4.74 Å². The summed E-state index contributed by atoms with van der Waals surface area (Å²) in [5, 5.41) is 0. The first-order chi connectivity index (χ1) is 7.69. The standard InChI is InChI=1S/C13H22N2O/c1-11(7-8-16-3)15(2)13-6-4-5-12(9-13)10-14/h4-6,9,11H,7-8,10,14H2,1-3H3. The van der Waals surface area contributed by atoms with Crippen LogP contribution in [0.5, 0.6) is 0 Å². The van der Waals surface area contributed by atoms with E-state index >= 15 is 0 Å². The highest BCUT2D eigenvalue weighted by Crippen LogP contribution is 2.18. The minimum Gasteiger partial charge on any atom is -0.385 e. The predicted octanol–water partition coefficient (Wildman–Crippen LogP) is 2.01. The summed E-state index contributed by atoms with van der Waals surface area (Å²) in [5.74, 6) is 0. The number of anilines is 1. The number of rotatable bonds is 6. The van der Waals surface area contributed by atoms with Crippen LogP contribution in [0.1, 0.15) is 18.9 Å². The van der Waals surface area contributed by atoms with Gasteiger partial charge in [0.1, 0.15) is 0 Å². The van der Waals surface area contributed by atoms with Gasteiger partial charge in [0.2, 0.25) is 0 Å². The Morgan fingerprint density at radius 2 is 2.19 bits per heavy atom. The molecule has 0 aliphatic heterocycles. The maximum absolute atomic E-state index is 5.64. The smallest absolute Gasteiger partial charge is 0.0481 e. The highest BCUT2D eigenvalue weighted by molar-refractivity contribution is 5.48. The third-order valence-electron chi connectivity index (χ3n) is 2.95. The SMILES string of the molecule is COCCC(C)N(C)c1cccc(CN)c1. The fraction of sp³-hybridized carbons (Fsp3) is 0.538. The summed E-state index contributed by atoms with van der Waals surface area (Å²) in [6.07, 6.45) is 1.03. The number of hydrogen-bond acceptors (Lipinski definition) is 3. The summed E-state index contributed by atoms with van der Waals surface area (Å²) in [6.45, 7) is 3.59. The molecule has 0 saturated carbocycles. The molecule has 3 heteroatoms. The minimum atomic E-state index is 0.466. The lowest BCUT2D eigenvalue weighted by molar-refractivity contribution is 0.189. The minimum absolute atomic E-state index is 0.466. The van der Waals surface area contributed by atoms with Crippen LogP contribution in [0.2, 0.25) is 0 Å². The summed E-state index contributed by atoms with van der Waals surface area (Å²) in [6, 6.07) is 8.83. The van der Waals surface area contributed by atoms with Crippen LogP contribution >= 0.6 is 0 Å². The summed E-state index contributed by atoms with van der Waals surface area (Å²) in [5.41, 5.74) is 8.02. The Morgan fingerprint density at radius 1 is 1.44 bits per heavy atom. The van der Waals surface area contributed by atoms with Crippen molar-refractivity contribution >= 4 is 5.69 Å². The van der Waals surface area contributed by atoms with Gasteiger partial charge < -0.3 is 15.4 Å². The van der Waals surface area contributed by atoms with E-state index < -0.39 is 0 Å². The molecule has 0 aliphatic carbocycles. The molecule has 90 valence electrons. The molecule has 1 atom stereocenters. The molecule has 0 heterocycles. The van der Waals surface area contributed by atoms with E-state index in [9.17, 15) is 0 Å². The van der Waals surface area contributed by atoms with Crippen molar-refractivity contribution in [2.75, 3.05) is 25.7 Å². The fourth-order valence-electron chi connectivity index (χ4n) is 1.64. The second-order valence-electron chi connectivity index (χ2n) is 4.12. The normalized spacial score (nSPS) is 12.5. The maximum atomic E-state index is 5.64. The topological polar surface area (TPSA) is 38.5 Å². The van der Waals surface area contributed by atoms with E-state index in [-0.39, 0.29) is 0 Å². The molecule has 1 unspecified atom stereocenters. The molecule has 0 radical (unpaired) electrons. The third-order valence-corrected chi connectivity index (χ3v) is 2.95. The van der Waals surface area contributed by atoms with Crippen LogP contribution in [0.15, 0.2) is 24.3 Å². The predicted molar refractivity (Wildman–Crippen MR) is 68.7 cm³/mol. The van der Waals surface area contributed by atoms with Gasteiger partial charge in [0.25, 0.3) is 0 Å². The van der Waals surface area contributed by atoms with Gasteiger partial charge in [0, 0.05) is 39.0 Å². The summed E-state index contributed by atoms with van der Waals surface area (Å²) >= 11 is 0. The average Bonchev–Trinajstić information content (AvgIpc) is 2.35. The largest absolute Gasteiger partial charge is 0.385 e. The molecule has 0 aromatic heterocycles. The molecule has 0 amide bonds. The molecular weight excluding hydrogens is 200 g/mol. The Kier molecular flexibility index (Phi) is 5.29. The van der Waals surface area contributed by atoms with E-state index in [0.717, 1.165) is 13.0 Å². The van der Waals surface area contributed by atoms with Crippen molar-refractivity contribution in [3.63, 3.8) is 0 Å². The lowest BCUT2D eigenvalue weighted by atomic mass is 10.1. The molecule has 16 heavy (non-hydrogen) atoms. The Morgan fingerprint density at radius 3 is 2.81 bits per heavy atom. The van der Waals surface area contributed by atoms with Gasteiger partial charge in [-0.3, -0.25) is 0 Å². The zero-order chi connectivity index (χ0) is 12.0. The Balaban J connectivity index is 2.67. The molecule has 0 bridgehead atoms. The average molecular weight is 222 g/mol. The fourth-order valence-corrected chi connectivity index (χ4v) is 1.64. The molecule has 0 fully saturated rings. The van der Waals surface area contributed by atoms with E-state index in [1.807, 2.05) is 0 Å². The molecule has 2 N–H and O–H groups in total. The monoisotopic (exact) mass is 222 g/mol. The van der Waals surface area contributed by atoms with E-state index in [0.29, 0.717) is 12.6 Å². The Bertz CT molecular complexity index is 315. The quantitative estimate of drug-likeness (QED) is 0.800. The number of benzene rings is 1. The van der Waals surface area contributed by atoms with Crippen LogP contribution < -0.4 is 10.6 Å². The highest BCUT2D eigenvalue weighted by atomic mass is 16.5. The summed E-state index contributed by atoms with van der Waals surface area (Å²) in [4.78, 5) is 2.26. The molecular formula is C13H22N2O. The molecule has 1 aromatic rings. The lowest BCUT2D eigenvalue weighted by Crippen LogP contribution is -2.29. The Labute approximate surface area is 98.2 Å². The van der Waals surface area contributed by atoms with Gasteiger partial charge in [-0.05, 0) is 31.0 Å². The molecule has 3 nitrogen and oxygen atoms in total. The first-order valence-corrected chi connectivity index (χ1v) is 5.69. The van der Waals surface area contributed by atoms with Crippen LogP contribution in [-0.4, -0.2) is 26.8 Å². The van der Waals surface area contributed by atoms with Gasteiger partial charge in [0.05, 0.1) is 0 Å². The molecule has 0 aliphatic rings. The Hall–Kier alpha value is -1.06. The van der Waals surface area contributed by atoms with E-state index in [4.69, 9.17) is 10.5 Å². The first-order valence-electron chi connectivity index (χ1n) is 5.69. The van der Waals surface area contributed by atoms with Gasteiger partial charge in [-0.25, -0.2) is 0 Å². The number of nitrogens with two attached hydrogens (primary N) is 1. The molecule has 1 aromatic carbocycles. The van der Waals surface area contributed by atoms with Gasteiger partial charge in [-0.15, -0.1) is 0 Å². The number of ether oxygens (including phenoxy) is 1.